The van der Waals surface area contributed by atoms with E-state index in [0.29, 0.717) is 17.7 Å². The van der Waals surface area contributed by atoms with E-state index >= 15 is 0 Å². The Balaban J connectivity index is 2.14. The summed E-state index contributed by atoms with van der Waals surface area (Å²) in [7, 11) is 1.27. The van der Waals surface area contributed by atoms with Gasteiger partial charge in [-0.25, -0.2) is 4.39 Å². The molecular weight excluding hydrogens is 371 g/mol. The molecule has 3 rings (SSSR count). The van der Waals surface area contributed by atoms with E-state index in [9.17, 15) is 18.8 Å². The van der Waals surface area contributed by atoms with Crippen molar-refractivity contribution in [3.63, 3.8) is 0 Å². The van der Waals surface area contributed by atoms with Gasteiger partial charge in [-0.3, -0.25) is 24.6 Å². The average Bonchev–Trinajstić information content (AvgIpc) is 3.14. The van der Waals surface area contributed by atoms with E-state index < -0.39 is 35.2 Å². The normalized spacial score (nSPS) is 29.9. The number of imide groups is 1. The largest absolute Gasteiger partial charge is 0.468 e. The van der Waals surface area contributed by atoms with Crippen LogP contribution in [0.2, 0.25) is 0 Å². The zero-order valence-corrected chi connectivity index (χ0v) is 16.3. The van der Waals surface area contributed by atoms with Crippen molar-refractivity contribution in [3.05, 3.63) is 35.6 Å². The highest BCUT2D eigenvalue weighted by Crippen LogP contribution is 2.50. The van der Waals surface area contributed by atoms with Crippen LogP contribution in [-0.2, 0) is 19.1 Å². The fraction of sp³-hybridized carbons (Fsp3) is 0.526. The van der Waals surface area contributed by atoms with E-state index in [0.717, 1.165) is 0 Å². The number of nitrogens with one attached hydrogen (secondary N) is 1. The molecule has 0 radical (unpaired) electrons. The summed E-state index contributed by atoms with van der Waals surface area (Å²) in [6, 6.07) is 5.27. The maximum absolute atomic E-state index is 13.8. The second kappa shape index (κ2) is 7.59. The van der Waals surface area contributed by atoms with Crippen LogP contribution >= 0.6 is 11.8 Å². The Morgan fingerprint density at radius 3 is 2.70 bits per heavy atom. The van der Waals surface area contributed by atoms with Gasteiger partial charge >= 0.3 is 5.97 Å². The molecule has 27 heavy (non-hydrogen) atoms. The second-order valence-corrected chi connectivity index (χ2v) is 7.79. The summed E-state index contributed by atoms with van der Waals surface area (Å²) in [4.78, 5) is 40.1. The molecule has 1 aromatic carbocycles. The quantitative estimate of drug-likeness (QED) is 0.585. The Bertz CT molecular complexity index is 774. The highest BCUT2D eigenvalue weighted by atomic mass is 32.2. The topological polar surface area (TPSA) is 75.7 Å². The molecule has 0 aromatic heterocycles. The maximum atomic E-state index is 13.8. The maximum Gasteiger partial charge on any atom is 0.326 e. The number of likely N-dealkylation sites (tertiary alicyclic amines) is 1. The summed E-state index contributed by atoms with van der Waals surface area (Å²) in [5, 5.41) is 3.22. The third-order valence-electron chi connectivity index (χ3n) is 5.52. The number of nitrogens with zero attached hydrogens (tertiary/aromatic N) is 1. The van der Waals surface area contributed by atoms with Crippen LogP contribution in [0.3, 0.4) is 0 Å². The number of benzene rings is 1. The second-order valence-electron chi connectivity index (χ2n) is 6.81. The fourth-order valence-corrected chi connectivity index (χ4v) is 4.85. The number of esters is 1. The van der Waals surface area contributed by atoms with Crippen molar-refractivity contribution in [1.82, 2.24) is 10.2 Å². The number of carbonyl (C=O) groups excluding carboxylic acids is 3. The third-order valence-corrected chi connectivity index (χ3v) is 6.13. The third kappa shape index (κ3) is 3.04. The number of halogens is 1. The first-order valence-electron chi connectivity index (χ1n) is 8.87. The van der Waals surface area contributed by atoms with Crippen LogP contribution in [0.15, 0.2) is 24.3 Å². The Morgan fingerprint density at radius 1 is 1.37 bits per heavy atom. The Kier molecular flexibility index (Phi) is 5.58. The van der Waals surface area contributed by atoms with Crippen molar-refractivity contribution in [2.45, 2.75) is 24.9 Å². The molecule has 2 fully saturated rings. The predicted molar refractivity (Wildman–Crippen MR) is 99.4 cm³/mol. The van der Waals surface area contributed by atoms with E-state index in [1.54, 1.807) is 19.1 Å². The lowest BCUT2D eigenvalue weighted by Crippen LogP contribution is -2.56. The van der Waals surface area contributed by atoms with E-state index in [4.69, 9.17) is 4.74 Å². The zero-order valence-electron chi connectivity index (χ0n) is 15.5. The summed E-state index contributed by atoms with van der Waals surface area (Å²) < 4.78 is 18.9. The average molecular weight is 394 g/mol. The first kappa shape index (κ1) is 19.8. The lowest BCUT2D eigenvalue weighted by molar-refractivity contribution is -0.154. The minimum Gasteiger partial charge on any atom is -0.468 e. The molecule has 0 spiro atoms. The molecule has 0 aliphatic carbocycles. The SMILES string of the molecule is CCN1C(=O)[C@@H]2[C@@H](C1=O)[C@](CCSC)(C(=O)OC)N[C@H]2c1cccc(F)c1. The van der Waals surface area contributed by atoms with E-state index in [1.165, 1.54) is 35.9 Å². The van der Waals surface area contributed by atoms with Crippen molar-refractivity contribution >= 4 is 29.5 Å². The minimum atomic E-state index is -1.31. The van der Waals surface area contributed by atoms with E-state index in [-0.39, 0.29) is 18.4 Å². The lowest BCUT2D eigenvalue weighted by atomic mass is 9.78. The molecule has 0 bridgehead atoms. The number of thioether (sulfide) groups is 1. The number of hydrogen-bond donors (Lipinski definition) is 1. The van der Waals surface area contributed by atoms with Crippen LogP contribution in [0.4, 0.5) is 4.39 Å². The van der Waals surface area contributed by atoms with Gasteiger partial charge in [-0.1, -0.05) is 12.1 Å². The first-order valence-corrected chi connectivity index (χ1v) is 10.3. The molecule has 2 saturated heterocycles. The smallest absolute Gasteiger partial charge is 0.326 e. The molecule has 2 aliphatic heterocycles. The van der Waals surface area contributed by atoms with Gasteiger partial charge in [0, 0.05) is 12.6 Å². The van der Waals surface area contributed by atoms with E-state index in [1.807, 2.05) is 6.26 Å². The monoisotopic (exact) mass is 394 g/mol. The molecule has 146 valence electrons. The Morgan fingerprint density at radius 2 is 2.11 bits per heavy atom. The van der Waals surface area contributed by atoms with Gasteiger partial charge in [-0.05, 0) is 43.0 Å². The van der Waals surface area contributed by atoms with Crippen LogP contribution in [0.25, 0.3) is 0 Å². The van der Waals surface area contributed by atoms with Crippen molar-refractivity contribution < 1.29 is 23.5 Å². The number of carbonyl (C=O) groups is 3. The standard InChI is InChI=1S/C19H23FN2O4S/c1-4-22-16(23)13-14(17(22)24)19(8-9-27-3,18(25)26-2)21-15(13)11-6-5-7-12(20)10-11/h5-7,10,13-15,21H,4,8-9H2,1-3H3/t13-,14+,15+,19-/m1/s1. The van der Waals surface area contributed by atoms with Gasteiger partial charge < -0.3 is 4.74 Å². The molecule has 0 saturated carbocycles. The number of ether oxygens (including phenoxy) is 1. The Hall–Kier alpha value is -1.93. The number of amides is 2. The van der Waals surface area contributed by atoms with Gasteiger partial charge in [0.2, 0.25) is 11.8 Å². The molecule has 8 heteroatoms. The van der Waals surface area contributed by atoms with Crippen LogP contribution in [0.5, 0.6) is 0 Å². The number of methoxy groups -OCH3 is 1. The van der Waals surface area contributed by atoms with Gasteiger partial charge in [-0.15, -0.1) is 0 Å². The first-order chi connectivity index (χ1) is 12.9. The van der Waals surface area contributed by atoms with Crippen molar-refractivity contribution in [1.29, 1.82) is 0 Å². The minimum absolute atomic E-state index is 0.236. The molecule has 2 heterocycles. The fourth-order valence-electron chi connectivity index (χ4n) is 4.33. The van der Waals surface area contributed by atoms with Crippen molar-refractivity contribution in [2.24, 2.45) is 11.8 Å². The molecule has 4 atom stereocenters. The van der Waals surface area contributed by atoms with Crippen LogP contribution in [0, 0.1) is 17.7 Å². The molecular formula is C19H23FN2O4S. The highest BCUT2D eigenvalue weighted by Gasteiger charge is 2.68. The van der Waals surface area contributed by atoms with Gasteiger partial charge in [0.25, 0.3) is 0 Å². The Labute approximate surface area is 161 Å². The summed E-state index contributed by atoms with van der Waals surface area (Å²) in [6.07, 6.45) is 2.24. The number of rotatable bonds is 6. The summed E-state index contributed by atoms with van der Waals surface area (Å²) in [5.74, 6) is -2.72. The molecule has 6 nitrogen and oxygen atoms in total. The number of fused-ring (bicyclic) bond motifs is 1. The zero-order chi connectivity index (χ0) is 19.8. The summed E-state index contributed by atoms with van der Waals surface area (Å²) >= 11 is 1.54. The van der Waals surface area contributed by atoms with Crippen molar-refractivity contribution in [3.8, 4) is 0 Å². The van der Waals surface area contributed by atoms with E-state index in [2.05, 4.69) is 5.32 Å². The summed E-state index contributed by atoms with van der Waals surface area (Å²) in [5.41, 5.74) is -0.769. The lowest BCUT2D eigenvalue weighted by Gasteiger charge is -2.32. The van der Waals surface area contributed by atoms with Crippen LogP contribution < -0.4 is 5.32 Å². The molecule has 1 N–H and O–H groups in total. The number of hydrogen-bond acceptors (Lipinski definition) is 6. The van der Waals surface area contributed by atoms with Crippen molar-refractivity contribution in [2.75, 3.05) is 25.7 Å². The van der Waals surface area contributed by atoms with Gasteiger partial charge in [0.05, 0.1) is 18.9 Å². The predicted octanol–water partition coefficient (Wildman–Crippen LogP) is 1.76. The van der Waals surface area contributed by atoms with Gasteiger partial charge in [0.15, 0.2) is 0 Å². The molecule has 0 unspecified atom stereocenters. The summed E-state index contributed by atoms with van der Waals surface area (Å²) in [6.45, 7) is 1.96. The molecule has 1 aromatic rings. The van der Waals surface area contributed by atoms with Crippen LogP contribution in [-0.4, -0.2) is 53.9 Å². The van der Waals surface area contributed by atoms with Crippen LogP contribution in [0.1, 0.15) is 24.9 Å². The highest BCUT2D eigenvalue weighted by molar-refractivity contribution is 7.98. The molecule has 2 aliphatic rings. The van der Waals surface area contributed by atoms with Gasteiger partial charge in [0.1, 0.15) is 11.4 Å². The van der Waals surface area contributed by atoms with Gasteiger partial charge in [-0.2, -0.15) is 11.8 Å². The molecule has 2 amide bonds.